The second-order valence-electron chi connectivity index (χ2n) is 8.46. The molecule has 10 heteroatoms. The minimum atomic E-state index is -3.41. The molecule has 0 saturated carbocycles. The summed E-state index contributed by atoms with van der Waals surface area (Å²) in [6.45, 7) is 3.41. The Labute approximate surface area is 199 Å². The summed E-state index contributed by atoms with van der Waals surface area (Å²) >= 11 is 1.60. The predicted octanol–water partition coefficient (Wildman–Crippen LogP) is 3.61. The van der Waals surface area contributed by atoms with E-state index in [0.717, 1.165) is 58.6 Å². The van der Waals surface area contributed by atoms with E-state index in [1.807, 2.05) is 24.3 Å². The standard InChI is InChI=1S/C23H29N5O3S2/c1-31-19-8-6-18(7-9-19)20-16-32-23-21(20)22(24-17-25-23)26-12-14-28(15-13-26)33(29,30)27-10-4-2-3-5-11-27/h6-9,16-17H,2-5,10-15H2,1H3. The highest BCUT2D eigenvalue weighted by Gasteiger charge is 2.33. The van der Waals surface area contributed by atoms with Gasteiger partial charge in [0.2, 0.25) is 0 Å². The third-order valence-corrected chi connectivity index (χ3v) is 9.43. The highest BCUT2D eigenvalue weighted by Crippen LogP contribution is 2.38. The Morgan fingerprint density at radius 3 is 2.21 bits per heavy atom. The van der Waals surface area contributed by atoms with Crippen molar-refractivity contribution in [3.8, 4) is 16.9 Å². The Hall–Kier alpha value is -2.27. The zero-order chi connectivity index (χ0) is 22.8. The summed E-state index contributed by atoms with van der Waals surface area (Å²) in [5.74, 6) is 1.69. The van der Waals surface area contributed by atoms with Gasteiger partial charge in [-0.05, 0) is 30.5 Å². The van der Waals surface area contributed by atoms with E-state index < -0.39 is 10.2 Å². The minimum absolute atomic E-state index is 0.465. The van der Waals surface area contributed by atoms with Gasteiger partial charge >= 0.3 is 0 Å². The number of aromatic nitrogens is 2. The van der Waals surface area contributed by atoms with Gasteiger partial charge in [-0.15, -0.1) is 11.3 Å². The molecule has 1 aromatic carbocycles. The molecule has 2 aliphatic heterocycles. The number of benzene rings is 1. The highest BCUT2D eigenvalue weighted by molar-refractivity contribution is 7.86. The van der Waals surface area contributed by atoms with Gasteiger partial charge in [0.25, 0.3) is 10.2 Å². The fraction of sp³-hybridized carbons (Fsp3) is 0.478. The maximum atomic E-state index is 13.2. The lowest BCUT2D eigenvalue weighted by molar-refractivity contribution is 0.327. The SMILES string of the molecule is COc1ccc(-c2csc3ncnc(N4CCN(S(=O)(=O)N5CCCCCC5)CC4)c23)cc1. The molecule has 176 valence electrons. The van der Waals surface area contributed by atoms with Crippen molar-refractivity contribution in [3.63, 3.8) is 0 Å². The molecule has 2 aromatic heterocycles. The average Bonchev–Trinajstić information content (AvgIpc) is 3.09. The third kappa shape index (κ3) is 4.44. The van der Waals surface area contributed by atoms with Crippen LogP contribution in [0, 0.1) is 0 Å². The molecule has 0 spiro atoms. The quantitative estimate of drug-likeness (QED) is 0.547. The van der Waals surface area contributed by atoms with Crippen LogP contribution < -0.4 is 9.64 Å². The Balaban J connectivity index is 1.38. The van der Waals surface area contributed by atoms with Crippen molar-refractivity contribution >= 4 is 37.6 Å². The summed E-state index contributed by atoms with van der Waals surface area (Å²) in [6, 6.07) is 8.00. The lowest BCUT2D eigenvalue weighted by atomic mass is 10.1. The number of hydrogen-bond donors (Lipinski definition) is 0. The maximum Gasteiger partial charge on any atom is 0.282 e. The van der Waals surface area contributed by atoms with Crippen molar-refractivity contribution in [2.24, 2.45) is 0 Å². The summed E-state index contributed by atoms with van der Waals surface area (Å²) in [7, 11) is -1.75. The molecular formula is C23H29N5O3S2. The van der Waals surface area contributed by atoms with E-state index >= 15 is 0 Å². The van der Waals surface area contributed by atoms with Crippen LogP contribution in [-0.4, -0.2) is 73.4 Å². The van der Waals surface area contributed by atoms with Crippen LogP contribution in [0.2, 0.25) is 0 Å². The van der Waals surface area contributed by atoms with Gasteiger partial charge in [0, 0.05) is 50.2 Å². The van der Waals surface area contributed by atoms with Crippen molar-refractivity contribution in [2.75, 3.05) is 51.3 Å². The molecule has 3 aromatic rings. The molecular weight excluding hydrogens is 458 g/mol. The third-order valence-electron chi connectivity index (χ3n) is 6.51. The second-order valence-corrected chi connectivity index (χ2v) is 11.2. The lowest BCUT2D eigenvalue weighted by Gasteiger charge is -2.37. The van der Waals surface area contributed by atoms with Gasteiger partial charge in [0.1, 0.15) is 22.7 Å². The van der Waals surface area contributed by atoms with Gasteiger partial charge in [0.15, 0.2) is 0 Å². The topological polar surface area (TPSA) is 78.9 Å². The first-order valence-corrected chi connectivity index (χ1v) is 13.7. The van der Waals surface area contributed by atoms with Crippen LogP contribution in [-0.2, 0) is 10.2 Å². The number of piperazine rings is 1. The van der Waals surface area contributed by atoms with Crippen molar-refractivity contribution in [1.82, 2.24) is 18.6 Å². The molecule has 0 aliphatic carbocycles. The van der Waals surface area contributed by atoms with Crippen LogP contribution in [0.15, 0.2) is 36.0 Å². The number of fused-ring (bicyclic) bond motifs is 1. The smallest absolute Gasteiger partial charge is 0.282 e. The molecule has 5 rings (SSSR count). The first kappa shape index (κ1) is 22.5. The Kier molecular flexibility index (Phi) is 6.51. The molecule has 0 amide bonds. The Bertz CT molecular complexity index is 1200. The maximum absolute atomic E-state index is 13.2. The zero-order valence-corrected chi connectivity index (χ0v) is 20.4. The van der Waals surface area contributed by atoms with E-state index in [0.29, 0.717) is 39.3 Å². The molecule has 0 bridgehead atoms. The molecule has 2 saturated heterocycles. The molecule has 0 atom stereocenters. The van der Waals surface area contributed by atoms with Crippen LogP contribution in [0.5, 0.6) is 5.75 Å². The molecule has 2 fully saturated rings. The van der Waals surface area contributed by atoms with E-state index in [1.54, 1.807) is 33.4 Å². The molecule has 0 N–H and O–H groups in total. The first-order chi connectivity index (χ1) is 16.1. The molecule has 8 nitrogen and oxygen atoms in total. The van der Waals surface area contributed by atoms with Crippen LogP contribution >= 0.6 is 11.3 Å². The van der Waals surface area contributed by atoms with E-state index in [2.05, 4.69) is 20.2 Å². The van der Waals surface area contributed by atoms with Gasteiger partial charge in [-0.3, -0.25) is 0 Å². The van der Waals surface area contributed by atoms with E-state index in [1.165, 1.54) is 0 Å². The number of rotatable bonds is 5. The number of ether oxygens (including phenoxy) is 1. The summed E-state index contributed by atoms with van der Waals surface area (Å²) in [4.78, 5) is 12.2. The predicted molar refractivity (Wildman–Crippen MR) is 132 cm³/mol. The van der Waals surface area contributed by atoms with E-state index in [9.17, 15) is 8.42 Å². The number of nitrogens with zero attached hydrogens (tertiary/aromatic N) is 5. The largest absolute Gasteiger partial charge is 0.497 e. The first-order valence-electron chi connectivity index (χ1n) is 11.4. The van der Waals surface area contributed by atoms with Crippen LogP contribution in [0.25, 0.3) is 21.3 Å². The van der Waals surface area contributed by atoms with Crippen molar-refractivity contribution in [3.05, 3.63) is 36.0 Å². The minimum Gasteiger partial charge on any atom is -0.497 e. The summed E-state index contributed by atoms with van der Waals surface area (Å²) in [5, 5.41) is 3.14. The van der Waals surface area contributed by atoms with E-state index in [-0.39, 0.29) is 0 Å². The van der Waals surface area contributed by atoms with Gasteiger partial charge in [0.05, 0.1) is 12.5 Å². The van der Waals surface area contributed by atoms with E-state index in [4.69, 9.17) is 4.74 Å². The van der Waals surface area contributed by atoms with Crippen LogP contribution in [0.3, 0.4) is 0 Å². The molecule has 0 unspecified atom stereocenters. The highest BCUT2D eigenvalue weighted by atomic mass is 32.2. The lowest BCUT2D eigenvalue weighted by Crippen LogP contribution is -2.53. The number of hydrogen-bond acceptors (Lipinski definition) is 7. The number of methoxy groups -OCH3 is 1. The van der Waals surface area contributed by atoms with Gasteiger partial charge in [-0.25, -0.2) is 9.97 Å². The van der Waals surface area contributed by atoms with Gasteiger partial charge in [-0.2, -0.15) is 17.0 Å². The van der Waals surface area contributed by atoms with Crippen LogP contribution in [0.1, 0.15) is 25.7 Å². The fourth-order valence-corrected chi connectivity index (χ4v) is 7.23. The van der Waals surface area contributed by atoms with Crippen LogP contribution in [0.4, 0.5) is 5.82 Å². The number of anilines is 1. The normalized spacial score (nSPS) is 19.0. The average molecular weight is 488 g/mol. The van der Waals surface area contributed by atoms with Crippen molar-refractivity contribution in [1.29, 1.82) is 0 Å². The van der Waals surface area contributed by atoms with Crippen molar-refractivity contribution < 1.29 is 13.2 Å². The number of thiophene rings is 1. The summed E-state index contributed by atoms with van der Waals surface area (Å²) in [5.41, 5.74) is 2.17. The Morgan fingerprint density at radius 2 is 1.55 bits per heavy atom. The molecule has 33 heavy (non-hydrogen) atoms. The Morgan fingerprint density at radius 1 is 0.879 bits per heavy atom. The summed E-state index contributed by atoms with van der Waals surface area (Å²) < 4.78 is 35.0. The molecule has 4 heterocycles. The monoisotopic (exact) mass is 487 g/mol. The summed E-state index contributed by atoms with van der Waals surface area (Å²) in [6.07, 6.45) is 5.72. The van der Waals surface area contributed by atoms with Gasteiger partial charge < -0.3 is 9.64 Å². The zero-order valence-electron chi connectivity index (χ0n) is 18.8. The second kappa shape index (κ2) is 9.54. The molecule has 2 aliphatic rings. The van der Waals surface area contributed by atoms with Gasteiger partial charge in [-0.1, -0.05) is 25.0 Å². The van der Waals surface area contributed by atoms with Crippen molar-refractivity contribution in [2.45, 2.75) is 25.7 Å². The molecule has 0 radical (unpaired) electrons. The fourth-order valence-electron chi connectivity index (χ4n) is 4.65.